The van der Waals surface area contributed by atoms with Crippen LogP contribution in [0.25, 0.3) is 0 Å². The molecule has 2 nitrogen and oxygen atoms in total. The van der Waals surface area contributed by atoms with Gasteiger partial charge in [-0.25, -0.2) is 0 Å². The molecule has 0 spiro atoms. The number of hydrogen-bond acceptors (Lipinski definition) is 2. The molecule has 1 rings (SSSR count). The van der Waals surface area contributed by atoms with E-state index in [0.717, 1.165) is 11.1 Å². The molecule has 0 aliphatic carbocycles. The van der Waals surface area contributed by atoms with Gasteiger partial charge in [-0.3, -0.25) is 4.90 Å². The lowest BCUT2D eigenvalue weighted by atomic mass is 10.1. The fourth-order valence-corrected chi connectivity index (χ4v) is 1.73. The van der Waals surface area contributed by atoms with Crippen LogP contribution in [0.5, 0.6) is 0 Å². The largest absolute Gasteiger partial charge is 0.401 e. The van der Waals surface area contributed by atoms with Gasteiger partial charge in [0.15, 0.2) is 0 Å². The number of nitrogens with two attached hydrogens (primary N) is 1. The monoisotopic (exact) mass is 284 g/mol. The maximum absolute atomic E-state index is 12.5. The number of halogens is 3. The van der Waals surface area contributed by atoms with Crippen molar-refractivity contribution in [2.24, 2.45) is 5.73 Å². The Morgan fingerprint density at radius 3 is 2.25 bits per heavy atom. The first-order chi connectivity index (χ1) is 9.31. The van der Waals surface area contributed by atoms with Gasteiger partial charge in [0, 0.05) is 18.2 Å². The summed E-state index contributed by atoms with van der Waals surface area (Å²) in [6.07, 6.45) is -4.18. The van der Waals surface area contributed by atoms with Crippen LogP contribution in [0.3, 0.4) is 0 Å². The summed E-state index contributed by atoms with van der Waals surface area (Å²) in [7, 11) is 0. The molecule has 0 saturated heterocycles. The highest BCUT2D eigenvalue weighted by molar-refractivity contribution is 5.36. The third-order valence-electron chi connectivity index (χ3n) is 2.79. The Hall–Kier alpha value is -1.51. The predicted molar refractivity (Wildman–Crippen MR) is 74.0 cm³/mol. The second kappa shape index (κ2) is 7.32. The van der Waals surface area contributed by atoms with Crippen LogP contribution in [0.1, 0.15) is 25.0 Å². The number of rotatable bonds is 4. The van der Waals surface area contributed by atoms with Gasteiger partial charge in [-0.15, -0.1) is 0 Å². The summed E-state index contributed by atoms with van der Waals surface area (Å²) in [5.41, 5.74) is 6.92. The van der Waals surface area contributed by atoms with Crippen molar-refractivity contribution in [3.63, 3.8) is 0 Å². The van der Waals surface area contributed by atoms with Crippen molar-refractivity contribution in [3.8, 4) is 11.8 Å². The number of benzene rings is 1. The van der Waals surface area contributed by atoms with Crippen LogP contribution in [0.15, 0.2) is 24.3 Å². The highest BCUT2D eigenvalue weighted by Crippen LogP contribution is 2.20. The lowest BCUT2D eigenvalue weighted by Gasteiger charge is -2.27. The molecule has 0 unspecified atom stereocenters. The first kappa shape index (κ1) is 16.5. The molecule has 0 aliphatic rings. The zero-order valence-electron chi connectivity index (χ0n) is 11.7. The third kappa shape index (κ3) is 6.09. The molecule has 0 saturated carbocycles. The Morgan fingerprint density at radius 1 is 1.20 bits per heavy atom. The van der Waals surface area contributed by atoms with Gasteiger partial charge in [0.25, 0.3) is 0 Å². The summed E-state index contributed by atoms with van der Waals surface area (Å²) >= 11 is 0. The standard InChI is InChI=1S/C15H19F3N2/c1-12(2)20(11-15(16,17)18)10-14-7-5-13(6-8-14)4-3-9-19/h5-8,12H,9-11,19H2,1-2H3. The van der Waals surface area contributed by atoms with Gasteiger partial charge in [0.1, 0.15) is 0 Å². The highest BCUT2D eigenvalue weighted by Gasteiger charge is 2.31. The molecule has 5 heteroatoms. The van der Waals surface area contributed by atoms with Crippen molar-refractivity contribution < 1.29 is 13.2 Å². The summed E-state index contributed by atoms with van der Waals surface area (Å²) in [5.74, 6) is 5.61. The highest BCUT2D eigenvalue weighted by atomic mass is 19.4. The smallest absolute Gasteiger partial charge is 0.320 e. The Labute approximate surface area is 117 Å². The fourth-order valence-electron chi connectivity index (χ4n) is 1.73. The number of alkyl halides is 3. The first-order valence-corrected chi connectivity index (χ1v) is 6.40. The van der Waals surface area contributed by atoms with Gasteiger partial charge in [-0.05, 0) is 31.5 Å². The summed E-state index contributed by atoms with van der Waals surface area (Å²) < 4.78 is 37.5. The first-order valence-electron chi connectivity index (χ1n) is 6.40. The predicted octanol–water partition coefficient (Wildman–Crippen LogP) is 2.77. The summed E-state index contributed by atoms with van der Waals surface area (Å²) in [6, 6.07) is 7.01. The quantitative estimate of drug-likeness (QED) is 0.861. The van der Waals surface area contributed by atoms with E-state index in [-0.39, 0.29) is 19.1 Å². The maximum atomic E-state index is 12.5. The Kier molecular flexibility index (Phi) is 6.05. The second-order valence-electron chi connectivity index (χ2n) is 4.82. The van der Waals surface area contributed by atoms with Gasteiger partial charge < -0.3 is 5.73 Å². The molecule has 0 bridgehead atoms. The lowest BCUT2D eigenvalue weighted by Crippen LogP contribution is -2.38. The fraction of sp³-hybridized carbons (Fsp3) is 0.467. The molecular formula is C15H19F3N2. The van der Waals surface area contributed by atoms with Crippen LogP contribution in [0.4, 0.5) is 13.2 Å². The van der Waals surface area contributed by atoms with Crippen molar-refractivity contribution in [1.29, 1.82) is 0 Å². The summed E-state index contributed by atoms with van der Waals surface area (Å²) in [4.78, 5) is 1.39. The molecule has 20 heavy (non-hydrogen) atoms. The van der Waals surface area contributed by atoms with Gasteiger partial charge in [-0.1, -0.05) is 24.0 Å². The van der Waals surface area contributed by atoms with Crippen molar-refractivity contribution in [2.75, 3.05) is 13.1 Å². The molecule has 0 radical (unpaired) electrons. The molecule has 0 aromatic heterocycles. The van der Waals surface area contributed by atoms with E-state index < -0.39 is 12.7 Å². The van der Waals surface area contributed by atoms with Crippen LogP contribution in [-0.4, -0.2) is 30.2 Å². The van der Waals surface area contributed by atoms with Gasteiger partial charge in [0.2, 0.25) is 0 Å². The number of nitrogens with zero attached hydrogens (tertiary/aromatic N) is 1. The maximum Gasteiger partial charge on any atom is 0.401 e. The molecule has 2 N–H and O–H groups in total. The van der Waals surface area contributed by atoms with E-state index in [2.05, 4.69) is 11.8 Å². The molecule has 1 aromatic rings. The van der Waals surface area contributed by atoms with Crippen molar-refractivity contribution in [1.82, 2.24) is 4.90 Å². The van der Waals surface area contributed by atoms with Crippen LogP contribution in [0.2, 0.25) is 0 Å². The zero-order valence-corrected chi connectivity index (χ0v) is 11.7. The average Bonchev–Trinajstić information content (AvgIpc) is 2.35. The molecule has 0 aliphatic heterocycles. The Bertz CT molecular complexity index is 467. The van der Waals surface area contributed by atoms with Crippen molar-refractivity contribution in [3.05, 3.63) is 35.4 Å². The minimum atomic E-state index is -4.18. The van der Waals surface area contributed by atoms with Crippen LogP contribution in [0, 0.1) is 11.8 Å². The second-order valence-corrected chi connectivity index (χ2v) is 4.82. The van der Waals surface area contributed by atoms with Crippen LogP contribution in [-0.2, 0) is 6.54 Å². The van der Waals surface area contributed by atoms with Crippen molar-refractivity contribution >= 4 is 0 Å². The van der Waals surface area contributed by atoms with Gasteiger partial charge in [0.05, 0.1) is 13.1 Å². The minimum absolute atomic E-state index is 0.173. The Morgan fingerprint density at radius 2 is 1.80 bits per heavy atom. The van der Waals surface area contributed by atoms with E-state index >= 15 is 0 Å². The Balaban J connectivity index is 2.74. The van der Waals surface area contributed by atoms with Crippen LogP contribution < -0.4 is 5.73 Å². The minimum Gasteiger partial charge on any atom is -0.320 e. The van der Waals surface area contributed by atoms with E-state index in [1.165, 1.54) is 4.90 Å². The van der Waals surface area contributed by atoms with Crippen LogP contribution >= 0.6 is 0 Å². The van der Waals surface area contributed by atoms with E-state index in [9.17, 15) is 13.2 Å². The molecule has 0 amide bonds. The topological polar surface area (TPSA) is 29.3 Å². The average molecular weight is 284 g/mol. The van der Waals surface area contributed by atoms with Crippen molar-refractivity contribution in [2.45, 2.75) is 32.6 Å². The lowest BCUT2D eigenvalue weighted by molar-refractivity contribution is -0.150. The van der Waals surface area contributed by atoms with E-state index in [4.69, 9.17) is 5.73 Å². The summed E-state index contributed by atoms with van der Waals surface area (Å²) in [6.45, 7) is 3.16. The molecule has 0 heterocycles. The molecule has 110 valence electrons. The SMILES string of the molecule is CC(C)N(Cc1ccc(C#CCN)cc1)CC(F)(F)F. The molecule has 0 atom stereocenters. The normalized spacial score (nSPS) is 11.6. The third-order valence-corrected chi connectivity index (χ3v) is 2.79. The zero-order chi connectivity index (χ0) is 15.2. The van der Waals surface area contributed by atoms with E-state index in [0.29, 0.717) is 0 Å². The van der Waals surface area contributed by atoms with Gasteiger partial charge >= 0.3 is 6.18 Å². The van der Waals surface area contributed by atoms with E-state index in [1.54, 1.807) is 38.1 Å². The molecule has 1 aromatic carbocycles. The molecular weight excluding hydrogens is 265 g/mol. The number of hydrogen-bond donors (Lipinski definition) is 1. The summed E-state index contributed by atoms with van der Waals surface area (Å²) in [5, 5.41) is 0. The van der Waals surface area contributed by atoms with E-state index in [1.807, 2.05) is 0 Å². The molecule has 0 fully saturated rings. The van der Waals surface area contributed by atoms with Gasteiger partial charge in [-0.2, -0.15) is 13.2 Å².